The fraction of sp³-hybridized carbons (Fsp3) is 0.222. The number of hydrogen-bond acceptors (Lipinski definition) is 3. The lowest BCUT2D eigenvalue weighted by molar-refractivity contribution is -0.142. The standard InChI is InChI=1S/C18H20N2O3/c1-13-8-6-7-11-15(13)19-18(22)20-16(17(21)23-2)12-14-9-4-3-5-10-14/h3-11,16H,12H2,1-2H3,(H2,19,20,22)/t16-/m0/s1. The van der Waals surface area contributed by atoms with Gasteiger partial charge in [0.25, 0.3) is 0 Å². The summed E-state index contributed by atoms with van der Waals surface area (Å²) in [5, 5.41) is 5.41. The number of hydrogen-bond donors (Lipinski definition) is 2. The summed E-state index contributed by atoms with van der Waals surface area (Å²) < 4.78 is 4.78. The summed E-state index contributed by atoms with van der Waals surface area (Å²) in [6.07, 6.45) is 0.370. The highest BCUT2D eigenvalue weighted by molar-refractivity contribution is 5.93. The average Bonchev–Trinajstić information content (AvgIpc) is 2.56. The molecule has 1 atom stereocenters. The summed E-state index contributed by atoms with van der Waals surface area (Å²) in [4.78, 5) is 24.1. The molecule has 2 amide bonds. The second-order valence-corrected chi connectivity index (χ2v) is 5.18. The molecule has 0 aliphatic carbocycles. The molecule has 0 heterocycles. The van der Waals surface area contributed by atoms with Gasteiger partial charge in [0.2, 0.25) is 0 Å². The van der Waals surface area contributed by atoms with Crippen LogP contribution < -0.4 is 10.6 Å². The lowest BCUT2D eigenvalue weighted by Gasteiger charge is -2.17. The van der Waals surface area contributed by atoms with Crippen LogP contribution in [-0.2, 0) is 16.0 Å². The molecule has 0 saturated heterocycles. The normalized spacial score (nSPS) is 11.4. The van der Waals surface area contributed by atoms with Crippen LogP contribution in [0.1, 0.15) is 11.1 Å². The monoisotopic (exact) mass is 312 g/mol. The molecule has 0 fully saturated rings. The van der Waals surface area contributed by atoms with Crippen LogP contribution in [0.15, 0.2) is 54.6 Å². The van der Waals surface area contributed by atoms with Gasteiger partial charge in [0.1, 0.15) is 6.04 Å². The molecule has 120 valence electrons. The summed E-state index contributed by atoms with van der Waals surface area (Å²) in [7, 11) is 1.31. The zero-order valence-corrected chi connectivity index (χ0v) is 13.2. The molecule has 0 radical (unpaired) electrons. The number of ether oxygens (including phenoxy) is 1. The minimum Gasteiger partial charge on any atom is -0.467 e. The van der Waals surface area contributed by atoms with E-state index in [1.54, 1.807) is 6.07 Å². The third kappa shape index (κ3) is 4.85. The maximum Gasteiger partial charge on any atom is 0.328 e. The van der Waals surface area contributed by atoms with Gasteiger partial charge in [-0.05, 0) is 24.1 Å². The van der Waals surface area contributed by atoms with Gasteiger partial charge in [-0.25, -0.2) is 9.59 Å². The number of anilines is 1. The van der Waals surface area contributed by atoms with Crippen molar-refractivity contribution in [2.24, 2.45) is 0 Å². The van der Waals surface area contributed by atoms with Crippen LogP contribution in [0.2, 0.25) is 0 Å². The number of carbonyl (C=O) groups excluding carboxylic acids is 2. The number of para-hydroxylation sites is 1. The summed E-state index contributed by atoms with van der Waals surface area (Å²) in [6, 6.07) is 15.7. The molecule has 0 aliphatic rings. The summed E-state index contributed by atoms with van der Waals surface area (Å²) in [5.41, 5.74) is 2.59. The SMILES string of the molecule is COC(=O)[C@H](Cc1ccccc1)NC(=O)Nc1ccccc1C. The number of amides is 2. The van der Waals surface area contributed by atoms with E-state index in [9.17, 15) is 9.59 Å². The molecular formula is C18H20N2O3. The molecule has 0 aliphatic heterocycles. The second-order valence-electron chi connectivity index (χ2n) is 5.18. The third-order valence-electron chi connectivity index (χ3n) is 3.47. The summed E-state index contributed by atoms with van der Waals surface area (Å²) in [5.74, 6) is -0.478. The van der Waals surface area contributed by atoms with E-state index in [0.29, 0.717) is 12.1 Å². The number of urea groups is 1. The van der Waals surface area contributed by atoms with Crippen LogP contribution in [0.25, 0.3) is 0 Å². The molecular weight excluding hydrogens is 292 g/mol. The topological polar surface area (TPSA) is 67.4 Å². The first-order valence-corrected chi connectivity index (χ1v) is 7.35. The lowest BCUT2D eigenvalue weighted by atomic mass is 10.1. The predicted molar refractivity (Wildman–Crippen MR) is 89.3 cm³/mol. The zero-order valence-electron chi connectivity index (χ0n) is 13.2. The van der Waals surface area contributed by atoms with Crippen molar-refractivity contribution in [2.75, 3.05) is 12.4 Å². The van der Waals surface area contributed by atoms with Crippen molar-refractivity contribution < 1.29 is 14.3 Å². The highest BCUT2D eigenvalue weighted by Crippen LogP contribution is 2.13. The van der Waals surface area contributed by atoms with E-state index in [1.807, 2.05) is 55.5 Å². The van der Waals surface area contributed by atoms with E-state index in [2.05, 4.69) is 10.6 Å². The Morgan fingerprint density at radius 1 is 1.04 bits per heavy atom. The molecule has 2 N–H and O–H groups in total. The minimum atomic E-state index is -0.744. The molecule has 5 nitrogen and oxygen atoms in total. The van der Waals surface area contributed by atoms with Crippen molar-refractivity contribution in [3.8, 4) is 0 Å². The van der Waals surface area contributed by atoms with E-state index >= 15 is 0 Å². The number of esters is 1. The molecule has 0 spiro atoms. The Bertz CT molecular complexity index is 671. The van der Waals surface area contributed by atoms with Crippen LogP contribution in [-0.4, -0.2) is 25.2 Å². The Kier molecular flexibility index (Phi) is 5.74. The van der Waals surface area contributed by atoms with Gasteiger partial charge in [-0.1, -0.05) is 48.5 Å². The fourth-order valence-electron chi connectivity index (χ4n) is 2.22. The predicted octanol–water partition coefficient (Wildman–Crippen LogP) is 2.90. The van der Waals surface area contributed by atoms with E-state index in [0.717, 1.165) is 11.1 Å². The number of rotatable bonds is 5. The van der Waals surface area contributed by atoms with Crippen LogP contribution >= 0.6 is 0 Å². The molecule has 2 aromatic carbocycles. The second kappa shape index (κ2) is 7.98. The maximum atomic E-state index is 12.2. The number of nitrogens with one attached hydrogen (secondary N) is 2. The molecule has 2 rings (SSSR count). The smallest absolute Gasteiger partial charge is 0.328 e. The average molecular weight is 312 g/mol. The number of aryl methyl sites for hydroxylation is 1. The molecule has 0 bridgehead atoms. The van der Waals surface area contributed by atoms with Crippen LogP contribution in [0.3, 0.4) is 0 Å². The lowest BCUT2D eigenvalue weighted by Crippen LogP contribution is -2.45. The first kappa shape index (κ1) is 16.5. The molecule has 0 aromatic heterocycles. The first-order chi connectivity index (χ1) is 11.1. The Hall–Kier alpha value is -2.82. The van der Waals surface area contributed by atoms with E-state index in [4.69, 9.17) is 4.74 Å². The minimum absolute atomic E-state index is 0.370. The number of benzene rings is 2. The molecule has 2 aromatic rings. The zero-order chi connectivity index (χ0) is 16.7. The van der Waals surface area contributed by atoms with Gasteiger partial charge in [0.05, 0.1) is 7.11 Å². The molecule has 5 heteroatoms. The Balaban J connectivity index is 2.04. The highest BCUT2D eigenvalue weighted by Gasteiger charge is 2.22. The van der Waals surface area contributed by atoms with Gasteiger partial charge in [0, 0.05) is 12.1 Å². The summed E-state index contributed by atoms with van der Waals surface area (Å²) in [6.45, 7) is 1.90. The van der Waals surface area contributed by atoms with Gasteiger partial charge in [-0.3, -0.25) is 0 Å². The van der Waals surface area contributed by atoms with Crippen molar-refractivity contribution in [1.82, 2.24) is 5.32 Å². The summed E-state index contributed by atoms with van der Waals surface area (Å²) >= 11 is 0. The van der Waals surface area contributed by atoms with E-state index < -0.39 is 18.0 Å². The van der Waals surface area contributed by atoms with Crippen molar-refractivity contribution >= 4 is 17.7 Å². The molecule has 0 saturated carbocycles. The third-order valence-corrected chi connectivity index (χ3v) is 3.47. The van der Waals surface area contributed by atoms with Crippen LogP contribution in [0, 0.1) is 6.92 Å². The number of carbonyl (C=O) groups is 2. The number of methoxy groups -OCH3 is 1. The highest BCUT2D eigenvalue weighted by atomic mass is 16.5. The quantitative estimate of drug-likeness (QED) is 0.834. The van der Waals surface area contributed by atoms with Crippen LogP contribution in [0.4, 0.5) is 10.5 Å². The van der Waals surface area contributed by atoms with Gasteiger partial charge in [0.15, 0.2) is 0 Å². The van der Waals surface area contributed by atoms with Gasteiger partial charge in [-0.2, -0.15) is 0 Å². The van der Waals surface area contributed by atoms with Gasteiger partial charge < -0.3 is 15.4 Å². The Morgan fingerprint density at radius 3 is 2.35 bits per heavy atom. The van der Waals surface area contributed by atoms with E-state index in [-0.39, 0.29) is 0 Å². The van der Waals surface area contributed by atoms with Gasteiger partial charge >= 0.3 is 12.0 Å². The van der Waals surface area contributed by atoms with Crippen molar-refractivity contribution in [1.29, 1.82) is 0 Å². The van der Waals surface area contributed by atoms with Crippen molar-refractivity contribution in [2.45, 2.75) is 19.4 Å². The van der Waals surface area contributed by atoms with Crippen LogP contribution in [0.5, 0.6) is 0 Å². The van der Waals surface area contributed by atoms with Gasteiger partial charge in [-0.15, -0.1) is 0 Å². The first-order valence-electron chi connectivity index (χ1n) is 7.35. The Morgan fingerprint density at radius 2 is 1.70 bits per heavy atom. The van der Waals surface area contributed by atoms with E-state index in [1.165, 1.54) is 7.11 Å². The van der Waals surface area contributed by atoms with Crippen molar-refractivity contribution in [3.63, 3.8) is 0 Å². The fourth-order valence-corrected chi connectivity index (χ4v) is 2.22. The Labute approximate surface area is 135 Å². The maximum absolute atomic E-state index is 12.2. The molecule has 0 unspecified atom stereocenters. The largest absolute Gasteiger partial charge is 0.467 e. The molecule has 23 heavy (non-hydrogen) atoms. The van der Waals surface area contributed by atoms with Crippen molar-refractivity contribution in [3.05, 3.63) is 65.7 Å².